The van der Waals surface area contributed by atoms with E-state index in [2.05, 4.69) is 56.4 Å². The zero-order chi connectivity index (χ0) is 17.4. The minimum atomic E-state index is 0. The zero-order valence-electron chi connectivity index (χ0n) is 15.5. The molecule has 2 rings (SSSR count). The van der Waals surface area contributed by atoms with Crippen LogP contribution >= 0.6 is 24.0 Å². The van der Waals surface area contributed by atoms with Crippen LogP contribution in [0.3, 0.4) is 0 Å². The summed E-state index contributed by atoms with van der Waals surface area (Å²) in [5.74, 6) is 0.843. The summed E-state index contributed by atoms with van der Waals surface area (Å²) in [5.41, 5.74) is 4.83. The van der Waals surface area contributed by atoms with Gasteiger partial charge in [-0.2, -0.15) is 5.10 Å². The molecule has 0 aliphatic rings. The van der Waals surface area contributed by atoms with E-state index >= 15 is 0 Å². The maximum absolute atomic E-state index is 4.48. The molecule has 0 aromatic carbocycles. The molecule has 2 aromatic rings. The predicted octanol–water partition coefficient (Wildman–Crippen LogP) is 2.62. The number of aliphatic imine (C=N–C) groups is 1. The maximum atomic E-state index is 4.48. The van der Waals surface area contributed by atoms with E-state index in [1.165, 1.54) is 16.8 Å². The molecule has 0 fully saturated rings. The summed E-state index contributed by atoms with van der Waals surface area (Å²) < 4.78 is 2.05. The largest absolute Gasteiger partial charge is 0.356 e. The van der Waals surface area contributed by atoms with Crippen molar-refractivity contribution in [1.82, 2.24) is 25.4 Å². The second-order valence-corrected chi connectivity index (χ2v) is 5.98. The van der Waals surface area contributed by atoms with E-state index in [1.807, 2.05) is 19.3 Å². The average molecular weight is 456 g/mol. The lowest BCUT2D eigenvalue weighted by Crippen LogP contribution is -2.39. The van der Waals surface area contributed by atoms with Crippen LogP contribution in [-0.2, 0) is 13.0 Å². The maximum Gasteiger partial charge on any atom is 0.190 e. The van der Waals surface area contributed by atoms with Gasteiger partial charge in [0.2, 0.25) is 0 Å². The molecule has 6 nitrogen and oxygen atoms in total. The number of nitrogens with one attached hydrogen (secondary N) is 2. The van der Waals surface area contributed by atoms with Crippen LogP contribution in [0.15, 0.2) is 29.5 Å². The number of hydrogen-bond acceptors (Lipinski definition) is 3. The van der Waals surface area contributed by atoms with E-state index in [0.717, 1.165) is 44.1 Å². The van der Waals surface area contributed by atoms with Crippen molar-refractivity contribution >= 4 is 29.9 Å². The summed E-state index contributed by atoms with van der Waals surface area (Å²) in [5, 5.41) is 11.2. The van der Waals surface area contributed by atoms with Crippen LogP contribution in [0.4, 0.5) is 0 Å². The Morgan fingerprint density at radius 1 is 1.20 bits per heavy atom. The van der Waals surface area contributed by atoms with E-state index in [0.29, 0.717) is 0 Å². The Bertz CT molecular complexity index is 680. The zero-order valence-corrected chi connectivity index (χ0v) is 17.9. The third-order valence-corrected chi connectivity index (χ3v) is 3.99. The molecule has 138 valence electrons. The van der Waals surface area contributed by atoms with Crippen LogP contribution in [0.2, 0.25) is 0 Å². The SMILES string of the molecule is CN=C(NCCCn1nc(C)cc1C)NCCc1ccncc1C.I. The first kappa shape index (κ1) is 21.4. The highest BCUT2D eigenvalue weighted by molar-refractivity contribution is 14.0. The second-order valence-electron chi connectivity index (χ2n) is 5.98. The molecule has 0 radical (unpaired) electrons. The molecule has 0 bridgehead atoms. The molecular formula is C18H29IN6. The fourth-order valence-corrected chi connectivity index (χ4v) is 2.66. The minimum absolute atomic E-state index is 0. The molecule has 0 aliphatic heterocycles. The number of halogens is 1. The first-order chi connectivity index (χ1) is 11.6. The Kier molecular flexibility index (Phi) is 9.48. The fraction of sp³-hybridized carbons (Fsp3) is 0.500. The fourth-order valence-electron chi connectivity index (χ4n) is 2.66. The topological polar surface area (TPSA) is 67.1 Å². The van der Waals surface area contributed by atoms with Crippen molar-refractivity contribution in [2.75, 3.05) is 20.1 Å². The van der Waals surface area contributed by atoms with Crippen LogP contribution < -0.4 is 10.6 Å². The van der Waals surface area contributed by atoms with Gasteiger partial charge < -0.3 is 10.6 Å². The van der Waals surface area contributed by atoms with Crippen molar-refractivity contribution in [3.8, 4) is 0 Å². The van der Waals surface area contributed by atoms with Gasteiger partial charge >= 0.3 is 0 Å². The number of aryl methyl sites for hydroxylation is 4. The van der Waals surface area contributed by atoms with Crippen LogP contribution in [0, 0.1) is 20.8 Å². The number of hydrogen-bond donors (Lipinski definition) is 2. The first-order valence-electron chi connectivity index (χ1n) is 8.45. The summed E-state index contributed by atoms with van der Waals surface area (Å²) in [6.07, 6.45) is 5.71. The number of aromatic nitrogens is 3. The Morgan fingerprint density at radius 2 is 1.96 bits per heavy atom. The quantitative estimate of drug-likeness (QED) is 0.291. The van der Waals surface area contributed by atoms with Gasteiger partial charge in [-0.1, -0.05) is 0 Å². The first-order valence-corrected chi connectivity index (χ1v) is 8.45. The third-order valence-electron chi connectivity index (χ3n) is 3.99. The standard InChI is InChI=1S/C18H28N6.HI/c1-14-13-20-9-6-17(14)7-10-22-18(19-4)21-8-5-11-24-16(3)12-15(2)23-24;/h6,9,12-13H,5,7-8,10-11H2,1-4H3,(H2,19,21,22);1H. The molecule has 25 heavy (non-hydrogen) atoms. The molecule has 0 amide bonds. The van der Waals surface area contributed by atoms with E-state index in [-0.39, 0.29) is 24.0 Å². The van der Waals surface area contributed by atoms with Crippen molar-refractivity contribution < 1.29 is 0 Å². The number of nitrogens with zero attached hydrogens (tertiary/aromatic N) is 4. The summed E-state index contributed by atoms with van der Waals surface area (Å²) in [6, 6.07) is 4.18. The van der Waals surface area contributed by atoms with E-state index in [4.69, 9.17) is 0 Å². The molecule has 0 spiro atoms. The van der Waals surface area contributed by atoms with Gasteiger partial charge in [0.25, 0.3) is 0 Å². The number of rotatable bonds is 7. The highest BCUT2D eigenvalue weighted by Gasteiger charge is 2.02. The van der Waals surface area contributed by atoms with E-state index in [9.17, 15) is 0 Å². The summed E-state index contributed by atoms with van der Waals surface area (Å²) in [4.78, 5) is 8.39. The Morgan fingerprint density at radius 3 is 2.60 bits per heavy atom. The van der Waals surface area contributed by atoms with Gasteiger partial charge in [0.05, 0.1) is 5.69 Å². The Balaban J connectivity index is 0.00000312. The molecule has 0 aliphatic carbocycles. The van der Waals surface area contributed by atoms with Crippen molar-refractivity contribution in [2.45, 2.75) is 40.2 Å². The molecule has 2 N–H and O–H groups in total. The average Bonchev–Trinajstić information content (AvgIpc) is 2.89. The van der Waals surface area contributed by atoms with Crippen molar-refractivity contribution in [1.29, 1.82) is 0 Å². The number of guanidine groups is 1. The summed E-state index contributed by atoms with van der Waals surface area (Å²) in [6.45, 7) is 8.84. The Hall–Kier alpha value is -1.64. The highest BCUT2D eigenvalue weighted by atomic mass is 127. The molecule has 0 saturated heterocycles. The van der Waals surface area contributed by atoms with Gasteiger partial charge in [-0.05, 0) is 56.9 Å². The number of pyridine rings is 1. The molecule has 0 saturated carbocycles. The molecule has 0 atom stereocenters. The molecule has 2 aromatic heterocycles. The van der Waals surface area contributed by atoms with Crippen molar-refractivity contribution in [3.05, 3.63) is 47.0 Å². The van der Waals surface area contributed by atoms with Gasteiger partial charge in [-0.3, -0.25) is 14.7 Å². The predicted molar refractivity (Wildman–Crippen MR) is 114 cm³/mol. The smallest absolute Gasteiger partial charge is 0.190 e. The van der Waals surface area contributed by atoms with Crippen molar-refractivity contribution in [2.24, 2.45) is 4.99 Å². The lowest BCUT2D eigenvalue weighted by Gasteiger charge is -2.12. The van der Waals surface area contributed by atoms with E-state index in [1.54, 1.807) is 7.05 Å². The van der Waals surface area contributed by atoms with Crippen LogP contribution in [-0.4, -0.2) is 40.9 Å². The second kappa shape index (κ2) is 11.1. The van der Waals surface area contributed by atoms with Gasteiger partial charge in [-0.25, -0.2) is 0 Å². The van der Waals surface area contributed by atoms with Gasteiger partial charge in [0.1, 0.15) is 0 Å². The normalized spacial score (nSPS) is 11.1. The molecule has 0 unspecified atom stereocenters. The van der Waals surface area contributed by atoms with Gasteiger partial charge in [0, 0.05) is 44.8 Å². The monoisotopic (exact) mass is 456 g/mol. The van der Waals surface area contributed by atoms with Crippen LogP contribution in [0.5, 0.6) is 0 Å². The summed E-state index contributed by atoms with van der Waals surface area (Å²) >= 11 is 0. The third kappa shape index (κ3) is 7.01. The lowest BCUT2D eigenvalue weighted by atomic mass is 10.1. The van der Waals surface area contributed by atoms with Gasteiger partial charge in [0.15, 0.2) is 5.96 Å². The Labute approximate surface area is 167 Å². The minimum Gasteiger partial charge on any atom is -0.356 e. The van der Waals surface area contributed by atoms with Crippen molar-refractivity contribution in [3.63, 3.8) is 0 Å². The summed E-state index contributed by atoms with van der Waals surface area (Å²) in [7, 11) is 1.80. The lowest BCUT2D eigenvalue weighted by molar-refractivity contribution is 0.555. The highest BCUT2D eigenvalue weighted by Crippen LogP contribution is 2.05. The van der Waals surface area contributed by atoms with Gasteiger partial charge in [-0.15, -0.1) is 24.0 Å². The van der Waals surface area contributed by atoms with Crippen LogP contribution in [0.25, 0.3) is 0 Å². The molecule has 7 heteroatoms. The van der Waals surface area contributed by atoms with E-state index < -0.39 is 0 Å². The molecular weight excluding hydrogens is 427 g/mol. The molecule has 2 heterocycles. The van der Waals surface area contributed by atoms with Crippen LogP contribution in [0.1, 0.15) is 28.9 Å².